The minimum atomic E-state index is -0.348. The van der Waals surface area contributed by atoms with E-state index in [1.54, 1.807) is 12.1 Å². The molecule has 0 amide bonds. The van der Waals surface area contributed by atoms with Crippen molar-refractivity contribution in [2.24, 2.45) is 0 Å². The van der Waals surface area contributed by atoms with Crippen LogP contribution in [0.4, 0.5) is 0 Å². The van der Waals surface area contributed by atoms with Gasteiger partial charge in [0.15, 0.2) is 0 Å². The Kier molecular flexibility index (Phi) is 4.43. The summed E-state index contributed by atoms with van der Waals surface area (Å²) in [6.07, 6.45) is 3.79. The van der Waals surface area contributed by atoms with E-state index >= 15 is 0 Å². The predicted molar refractivity (Wildman–Crippen MR) is 87.9 cm³/mol. The van der Waals surface area contributed by atoms with Crippen molar-refractivity contribution in [3.8, 4) is 11.4 Å². The summed E-state index contributed by atoms with van der Waals surface area (Å²) < 4.78 is 12.4. The zero-order valence-electron chi connectivity index (χ0n) is 12.8. The van der Waals surface area contributed by atoms with Gasteiger partial charge >= 0.3 is 5.97 Å². The van der Waals surface area contributed by atoms with Crippen molar-refractivity contribution in [1.82, 2.24) is 4.57 Å². The molecule has 0 radical (unpaired) electrons. The highest BCUT2D eigenvalue weighted by molar-refractivity contribution is 5.89. The van der Waals surface area contributed by atoms with Crippen LogP contribution in [0.1, 0.15) is 15.9 Å². The van der Waals surface area contributed by atoms with Gasteiger partial charge < -0.3 is 14.0 Å². The van der Waals surface area contributed by atoms with Crippen molar-refractivity contribution in [2.45, 2.75) is 6.61 Å². The van der Waals surface area contributed by atoms with E-state index in [0.29, 0.717) is 12.2 Å². The highest BCUT2D eigenvalue weighted by Gasteiger charge is 2.07. The summed E-state index contributed by atoms with van der Waals surface area (Å²) in [7, 11) is 1.38. The number of aromatic nitrogens is 1. The topological polar surface area (TPSA) is 40.5 Å². The molecule has 0 saturated heterocycles. The number of ether oxygens (including phenoxy) is 2. The molecule has 116 valence electrons. The summed E-state index contributed by atoms with van der Waals surface area (Å²) in [6, 6.07) is 19.2. The molecule has 4 heteroatoms. The fourth-order valence-electron chi connectivity index (χ4n) is 2.28. The second-order valence-electron chi connectivity index (χ2n) is 5.07. The minimum absolute atomic E-state index is 0.348. The van der Waals surface area contributed by atoms with Gasteiger partial charge in [-0.2, -0.15) is 0 Å². The van der Waals surface area contributed by atoms with E-state index in [-0.39, 0.29) is 5.97 Å². The molecule has 4 nitrogen and oxygen atoms in total. The molecular formula is C19H17NO3. The van der Waals surface area contributed by atoms with E-state index in [1.807, 2.05) is 65.5 Å². The smallest absolute Gasteiger partial charge is 0.337 e. The zero-order chi connectivity index (χ0) is 16.1. The van der Waals surface area contributed by atoms with Crippen LogP contribution in [-0.4, -0.2) is 17.6 Å². The highest BCUT2D eigenvalue weighted by atomic mass is 16.5. The van der Waals surface area contributed by atoms with Crippen LogP contribution in [0.2, 0.25) is 0 Å². The fraction of sp³-hybridized carbons (Fsp3) is 0.105. The maximum Gasteiger partial charge on any atom is 0.337 e. The number of nitrogens with zero attached hydrogens (tertiary/aromatic N) is 1. The average molecular weight is 307 g/mol. The number of benzene rings is 2. The maximum atomic E-state index is 11.6. The molecule has 0 aliphatic heterocycles. The van der Waals surface area contributed by atoms with Crippen molar-refractivity contribution >= 4 is 5.97 Å². The van der Waals surface area contributed by atoms with E-state index in [2.05, 4.69) is 0 Å². The number of esters is 1. The summed E-state index contributed by atoms with van der Waals surface area (Å²) >= 11 is 0. The summed E-state index contributed by atoms with van der Waals surface area (Å²) in [6.45, 7) is 0.521. The predicted octanol–water partition coefficient (Wildman–Crippen LogP) is 3.84. The molecule has 0 aliphatic rings. The lowest BCUT2D eigenvalue weighted by atomic mass is 10.2. The number of hydrogen-bond donors (Lipinski definition) is 0. The second-order valence-corrected chi connectivity index (χ2v) is 5.07. The first-order chi connectivity index (χ1) is 11.3. The van der Waals surface area contributed by atoms with Crippen LogP contribution < -0.4 is 4.74 Å². The van der Waals surface area contributed by atoms with Crippen LogP contribution in [0.3, 0.4) is 0 Å². The van der Waals surface area contributed by atoms with Crippen molar-refractivity contribution in [2.75, 3.05) is 7.11 Å². The molecule has 3 aromatic rings. The third-order valence-corrected chi connectivity index (χ3v) is 3.48. The van der Waals surface area contributed by atoms with E-state index < -0.39 is 0 Å². The third-order valence-electron chi connectivity index (χ3n) is 3.48. The average Bonchev–Trinajstić information content (AvgIpc) is 3.09. The van der Waals surface area contributed by atoms with Gasteiger partial charge in [-0.1, -0.05) is 36.4 Å². The first kappa shape index (κ1) is 14.9. The van der Waals surface area contributed by atoms with Gasteiger partial charge in [-0.25, -0.2) is 4.79 Å². The Labute approximate surface area is 134 Å². The van der Waals surface area contributed by atoms with Crippen molar-refractivity contribution < 1.29 is 14.3 Å². The Morgan fingerprint density at radius 2 is 1.87 bits per heavy atom. The lowest BCUT2D eigenvalue weighted by Gasteiger charge is -2.06. The van der Waals surface area contributed by atoms with Crippen molar-refractivity contribution in [1.29, 1.82) is 0 Å². The maximum absolute atomic E-state index is 11.6. The lowest BCUT2D eigenvalue weighted by molar-refractivity contribution is 0.0600. The Balaban J connectivity index is 1.73. The van der Waals surface area contributed by atoms with Gasteiger partial charge in [0.25, 0.3) is 0 Å². The van der Waals surface area contributed by atoms with Gasteiger partial charge in [-0.15, -0.1) is 0 Å². The normalized spacial score (nSPS) is 10.3. The molecule has 0 saturated carbocycles. The summed E-state index contributed by atoms with van der Waals surface area (Å²) in [5, 5.41) is 0. The van der Waals surface area contributed by atoms with Gasteiger partial charge in [-0.05, 0) is 29.8 Å². The fourth-order valence-corrected chi connectivity index (χ4v) is 2.28. The molecule has 1 aromatic heterocycles. The van der Waals surface area contributed by atoms with E-state index in [0.717, 1.165) is 17.0 Å². The molecule has 3 rings (SSSR count). The SMILES string of the molecule is COC(=O)c1cccc(-n2ccc(OCc3ccccc3)c2)c1. The van der Waals surface area contributed by atoms with Crippen molar-refractivity contribution in [3.05, 3.63) is 84.2 Å². The molecule has 1 heterocycles. The van der Waals surface area contributed by atoms with E-state index in [9.17, 15) is 4.79 Å². The zero-order valence-corrected chi connectivity index (χ0v) is 12.8. The Morgan fingerprint density at radius 3 is 2.65 bits per heavy atom. The molecule has 0 bridgehead atoms. The minimum Gasteiger partial charge on any atom is -0.487 e. The van der Waals surface area contributed by atoms with Crippen LogP contribution in [-0.2, 0) is 11.3 Å². The second kappa shape index (κ2) is 6.83. The molecule has 0 fully saturated rings. The molecule has 2 aromatic carbocycles. The molecule has 0 spiro atoms. The lowest BCUT2D eigenvalue weighted by Crippen LogP contribution is -2.02. The number of methoxy groups -OCH3 is 1. The van der Waals surface area contributed by atoms with E-state index in [1.165, 1.54) is 7.11 Å². The van der Waals surface area contributed by atoms with Crippen LogP contribution in [0.15, 0.2) is 73.1 Å². The van der Waals surface area contributed by atoms with Crippen LogP contribution in [0.25, 0.3) is 5.69 Å². The highest BCUT2D eigenvalue weighted by Crippen LogP contribution is 2.18. The Bertz CT molecular complexity index is 793. The molecule has 0 unspecified atom stereocenters. The van der Waals surface area contributed by atoms with Gasteiger partial charge in [-0.3, -0.25) is 0 Å². The number of hydrogen-bond acceptors (Lipinski definition) is 3. The first-order valence-corrected chi connectivity index (χ1v) is 7.30. The van der Waals surface area contributed by atoms with Gasteiger partial charge in [0.1, 0.15) is 12.4 Å². The molecular weight excluding hydrogens is 290 g/mol. The molecule has 0 N–H and O–H groups in total. The third kappa shape index (κ3) is 3.61. The Hall–Kier alpha value is -3.01. The molecule has 0 atom stereocenters. The van der Waals surface area contributed by atoms with Crippen LogP contribution in [0, 0.1) is 0 Å². The van der Waals surface area contributed by atoms with Gasteiger partial charge in [0.05, 0.1) is 18.9 Å². The van der Waals surface area contributed by atoms with Gasteiger partial charge in [0.2, 0.25) is 0 Å². The summed E-state index contributed by atoms with van der Waals surface area (Å²) in [4.78, 5) is 11.6. The van der Waals surface area contributed by atoms with E-state index in [4.69, 9.17) is 9.47 Å². The standard InChI is InChI=1S/C19H17NO3/c1-22-19(21)16-8-5-9-17(12-16)20-11-10-18(13-20)23-14-15-6-3-2-4-7-15/h2-13H,14H2,1H3. The van der Waals surface area contributed by atoms with Gasteiger partial charge in [0, 0.05) is 11.9 Å². The summed E-state index contributed by atoms with van der Waals surface area (Å²) in [5.41, 5.74) is 2.51. The number of carbonyl (C=O) groups excluding carboxylic acids is 1. The number of rotatable bonds is 5. The van der Waals surface area contributed by atoms with Crippen LogP contribution in [0.5, 0.6) is 5.75 Å². The largest absolute Gasteiger partial charge is 0.487 e. The number of carbonyl (C=O) groups is 1. The molecule has 23 heavy (non-hydrogen) atoms. The van der Waals surface area contributed by atoms with Crippen molar-refractivity contribution in [3.63, 3.8) is 0 Å². The molecule has 0 aliphatic carbocycles. The Morgan fingerprint density at radius 1 is 1.04 bits per heavy atom. The quantitative estimate of drug-likeness (QED) is 0.672. The first-order valence-electron chi connectivity index (χ1n) is 7.30. The summed E-state index contributed by atoms with van der Waals surface area (Å²) in [5.74, 6) is 0.428. The monoisotopic (exact) mass is 307 g/mol. The van der Waals surface area contributed by atoms with Crippen LogP contribution >= 0.6 is 0 Å².